The highest BCUT2D eigenvalue weighted by Crippen LogP contribution is 2.18. The molecule has 0 unspecified atom stereocenters. The number of halogens is 1. The Hall–Kier alpha value is -1.96. The van der Waals surface area contributed by atoms with Crippen LogP contribution in [-0.2, 0) is 10.0 Å². The van der Waals surface area contributed by atoms with E-state index in [4.69, 9.17) is 0 Å². The molecule has 0 bridgehead atoms. The molecule has 2 aromatic carbocycles. The van der Waals surface area contributed by atoms with Gasteiger partial charge in [0.1, 0.15) is 5.82 Å². The van der Waals surface area contributed by atoms with Gasteiger partial charge in [-0.25, -0.2) is 17.5 Å². The summed E-state index contributed by atoms with van der Waals surface area (Å²) in [4.78, 5) is 4.81. The minimum Gasteiger partial charge on any atom is -0.369 e. The third kappa shape index (κ3) is 5.77. The zero-order valence-corrected chi connectivity index (χ0v) is 17.1. The standard InChI is InChI=1S/C21H28FN3O2S/c1-18-6-4-8-20(16-18)25-14-12-24(13-15-25)11-3-2-10-23-28(26,27)21-9-5-7-19(22)17-21/h4-9,16-17,23H,2-3,10-15H2,1H3. The number of hydrogen-bond acceptors (Lipinski definition) is 4. The monoisotopic (exact) mass is 405 g/mol. The number of hydrogen-bond donors (Lipinski definition) is 1. The fraction of sp³-hybridized carbons (Fsp3) is 0.429. The molecule has 28 heavy (non-hydrogen) atoms. The number of sulfonamides is 1. The van der Waals surface area contributed by atoms with Gasteiger partial charge in [0, 0.05) is 38.4 Å². The molecule has 1 N–H and O–H groups in total. The summed E-state index contributed by atoms with van der Waals surface area (Å²) in [5.74, 6) is -0.548. The summed E-state index contributed by atoms with van der Waals surface area (Å²) in [6.07, 6.45) is 1.68. The molecule has 1 aliphatic rings. The number of piperazine rings is 1. The molecule has 0 saturated carbocycles. The van der Waals surface area contributed by atoms with E-state index >= 15 is 0 Å². The molecule has 0 spiro atoms. The Morgan fingerprint density at radius 1 is 1.00 bits per heavy atom. The van der Waals surface area contributed by atoms with Crippen molar-refractivity contribution < 1.29 is 12.8 Å². The maximum atomic E-state index is 13.2. The van der Waals surface area contributed by atoms with E-state index in [2.05, 4.69) is 45.7 Å². The number of unbranched alkanes of at least 4 members (excludes halogenated alkanes) is 1. The fourth-order valence-electron chi connectivity index (χ4n) is 3.44. The van der Waals surface area contributed by atoms with Crippen LogP contribution < -0.4 is 9.62 Å². The highest BCUT2D eigenvalue weighted by atomic mass is 32.2. The number of nitrogens with one attached hydrogen (secondary N) is 1. The molecule has 0 aliphatic carbocycles. The summed E-state index contributed by atoms with van der Waals surface area (Å²) in [5, 5.41) is 0. The third-order valence-corrected chi connectivity index (χ3v) is 6.50. The summed E-state index contributed by atoms with van der Waals surface area (Å²) >= 11 is 0. The van der Waals surface area contributed by atoms with Crippen molar-refractivity contribution in [3.8, 4) is 0 Å². The molecule has 1 heterocycles. The lowest BCUT2D eigenvalue weighted by Gasteiger charge is -2.36. The van der Waals surface area contributed by atoms with Crippen LogP contribution in [0.2, 0.25) is 0 Å². The van der Waals surface area contributed by atoms with Gasteiger partial charge in [-0.3, -0.25) is 4.90 Å². The molecule has 0 aromatic heterocycles. The normalized spacial score (nSPS) is 15.7. The van der Waals surface area contributed by atoms with E-state index in [0.717, 1.165) is 51.6 Å². The number of nitrogens with zero attached hydrogens (tertiary/aromatic N) is 2. The van der Waals surface area contributed by atoms with Gasteiger partial charge < -0.3 is 4.90 Å². The van der Waals surface area contributed by atoms with Crippen molar-refractivity contribution in [3.63, 3.8) is 0 Å². The largest absolute Gasteiger partial charge is 0.369 e. The van der Waals surface area contributed by atoms with E-state index in [0.29, 0.717) is 6.54 Å². The van der Waals surface area contributed by atoms with Crippen LogP contribution in [0.25, 0.3) is 0 Å². The molecule has 5 nitrogen and oxygen atoms in total. The molecular formula is C21H28FN3O2S. The zero-order chi connectivity index (χ0) is 20.0. The van der Waals surface area contributed by atoms with Crippen molar-refractivity contribution >= 4 is 15.7 Å². The minimum atomic E-state index is -3.64. The lowest BCUT2D eigenvalue weighted by molar-refractivity contribution is 0.253. The van der Waals surface area contributed by atoms with Crippen LogP contribution >= 0.6 is 0 Å². The molecular weight excluding hydrogens is 377 g/mol. The topological polar surface area (TPSA) is 52.6 Å². The van der Waals surface area contributed by atoms with Crippen molar-refractivity contribution in [2.75, 3.05) is 44.2 Å². The quantitative estimate of drug-likeness (QED) is 0.686. The van der Waals surface area contributed by atoms with Gasteiger partial charge in [-0.05, 0) is 62.2 Å². The first kappa shape index (κ1) is 20.8. The molecule has 7 heteroatoms. The first-order chi connectivity index (χ1) is 13.4. The molecule has 1 fully saturated rings. The van der Waals surface area contributed by atoms with Gasteiger partial charge in [-0.15, -0.1) is 0 Å². The molecule has 0 amide bonds. The second-order valence-corrected chi connectivity index (χ2v) is 9.00. The third-order valence-electron chi connectivity index (χ3n) is 5.04. The number of aryl methyl sites for hydroxylation is 1. The van der Waals surface area contributed by atoms with E-state index in [1.165, 1.54) is 29.4 Å². The van der Waals surface area contributed by atoms with E-state index in [9.17, 15) is 12.8 Å². The van der Waals surface area contributed by atoms with Crippen LogP contribution in [0.5, 0.6) is 0 Å². The Morgan fingerprint density at radius 3 is 2.46 bits per heavy atom. The first-order valence-corrected chi connectivity index (χ1v) is 11.2. The van der Waals surface area contributed by atoms with Crippen LogP contribution in [0.4, 0.5) is 10.1 Å². The average Bonchev–Trinajstić information content (AvgIpc) is 2.68. The molecule has 152 valence electrons. The van der Waals surface area contributed by atoms with E-state index in [1.807, 2.05) is 0 Å². The molecule has 3 rings (SSSR count). The van der Waals surface area contributed by atoms with Gasteiger partial charge in [0.2, 0.25) is 10.0 Å². The van der Waals surface area contributed by atoms with Gasteiger partial charge in [-0.2, -0.15) is 0 Å². The second kappa shape index (κ2) is 9.49. The van der Waals surface area contributed by atoms with Gasteiger partial charge >= 0.3 is 0 Å². The van der Waals surface area contributed by atoms with E-state index in [-0.39, 0.29) is 4.90 Å². The van der Waals surface area contributed by atoms with Crippen molar-refractivity contribution in [1.82, 2.24) is 9.62 Å². The van der Waals surface area contributed by atoms with Crippen molar-refractivity contribution in [1.29, 1.82) is 0 Å². The smallest absolute Gasteiger partial charge is 0.240 e. The molecule has 0 radical (unpaired) electrons. The SMILES string of the molecule is Cc1cccc(N2CCN(CCCCNS(=O)(=O)c3cccc(F)c3)CC2)c1. The predicted octanol–water partition coefficient (Wildman–Crippen LogP) is 3.01. The highest BCUT2D eigenvalue weighted by Gasteiger charge is 2.17. The van der Waals surface area contributed by atoms with Gasteiger partial charge in [0.15, 0.2) is 0 Å². The van der Waals surface area contributed by atoms with Crippen LogP contribution in [0.1, 0.15) is 18.4 Å². The number of anilines is 1. The predicted molar refractivity (Wildman–Crippen MR) is 111 cm³/mol. The fourth-order valence-corrected chi connectivity index (χ4v) is 4.54. The maximum absolute atomic E-state index is 13.2. The minimum absolute atomic E-state index is 0.0280. The molecule has 1 saturated heterocycles. The lowest BCUT2D eigenvalue weighted by atomic mass is 10.2. The number of benzene rings is 2. The molecule has 1 aliphatic heterocycles. The van der Waals surface area contributed by atoms with Gasteiger partial charge in [0.25, 0.3) is 0 Å². The highest BCUT2D eigenvalue weighted by molar-refractivity contribution is 7.89. The Kier molecular flexibility index (Phi) is 7.04. The summed E-state index contributed by atoms with van der Waals surface area (Å²) < 4.78 is 40.1. The average molecular weight is 406 g/mol. The van der Waals surface area contributed by atoms with Crippen molar-refractivity contribution in [2.45, 2.75) is 24.7 Å². The molecule has 0 atom stereocenters. The molecule has 2 aromatic rings. The van der Waals surface area contributed by atoms with E-state index in [1.54, 1.807) is 0 Å². The Labute approximate surface area is 167 Å². The van der Waals surface area contributed by atoms with Gasteiger partial charge in [0.05, 0.1) is 4.90 Å². The van der Waals surface area contributed by atoms with E-state index < -0.39 is 15.8 Å². The Balaban J connectivity index is 1.35. The summed E-state index contributed by atoms with van der Waals surface area (Å²) in [5.41, 5.74) is 2.56. The zero-order valence-electron chi connectivity index (χ0n) is 16.3. The van der Waals surface area contributed by atoms with Crippen LogP contribution in [0.3, 0.4) is 0 Å². The number of rotatable bonds is 8. The maximum Gasteiger partial charge on any atom is 0.240 e. The van der Waals surface area contributed by atoms with Crippen molar-refractivity contribution in [3.05, 3.63) is 59.9 Å². The Morgan fingerprint density at radius 2 is 1.75 bits per heavy atom. The van der Waals surface area contributed by atoms with Crippen LogP contribution in [-0.4, -0.2) is 52.6 Å². The summed E-state index contributed by atoms with van der Waals surface area (Å²) in [6, 6.07) is 13.7. The Bertz CT molecular complexity index is 881. The second-order valence-electron chi connectivity index (χ2n) is 7.23. The van der Waals surface area contributed by atoms with Crippen LogP contribution in [0.15, 0.2) is 53.4 Å². The summed E-state index contributed by atoms with van der Waals surface area (Å²) in [6.45, 7) is 7.49. The van der Waals surface area contributed by atoms with Gasteiger partial charge in [-0.1, -0.05) is 18.2 Å². The first-order valence-electron chi connectivity index (χ1n) is 9.73. The summed E-state index contributed by atoms with van der Waals surface area (Å²) in [7, 11) is -3.64. The van der Waals surface area contributed by atoms with Crippen molar-refractivity contribution in [2.24, 2.45) is 0 Å². The van der Waals surface area contributed by atoms with Crippen LogP contribution in [0, 0.1) is 12.7 Å². The lowest BCUT2D eigenvalue weighted by Crippen LogP contribution is -2.46.